The molecule has 0 aliphatic rings. The number of carboxylic acids is 1. The van der Waals surface area contributed by atoms with Gasteiger partial charge in [-0.3, -0.25) is 4.79 Å². The zero-order valence-electron chi connectivity index (χ0n) is 14.7. The summed E-state index contributed by atoms with van der Waals surface area (Å²) >= 11 is 0. The summed E-state index contributed by atoms with van der Waals surface area (Å²) in [5.41, 5.74) is 0. The molecule has 0 spiro atoms. The van der Waals surface area contributed by atoms with E-state index < -0.39 is 12.0 Å². The Hall–Kier alpha value is -0.610. The van der Waals surface area contributed by atoms with E-state index in [1.807, 2.05) is 0 Å². The van der Waals surface area contributed by atoms with Gasteiger partial charge in [-0.2, -0.15) is 0 Å². The fraction of sp³-hybridized carbons (Fsp3) is 0.882. The van der Waals surface area contributed by atoms with Crippen LogP contribution in [0, 0.1) is 0 Å². The molecule has 4 nitrogen and oxygen atoms in total. The Morgan fingerprint density at radius 2 is 1.27 bits per heavy atom. The fourth-order valence-corrected chi connectivity index (χ4v) is 2.65. The molecule has 0 aliphatic heterocycles. The van der Waals surface area contributed by atoms with Crippen molar-refractivity contribution in [2.75, 3.05) is 21.1 Å². The third kappa shape index (κ3) is 11.0. The average Bonchev–Trinajstić information content (AvgIpc) is 2.34. The number of nitrogens with zero attached hydrogens (tertiary/aromatic N) is 1. The number of carbonyl (C=O) groups excluding carboxylic acids is 1. The molecule has 22 heavy (non-hydrogen) atoms. The van der Waals surface area contributed by atoms with Crippen molar-refractivity contribution in [2.45, 2.75) is 77.2 Å². The Morgan fingerprint density at radius 1 is 0.864 bits per heavy atom. The van der Waals surface area contributed by atoms with Crippen LogP contribution in [0.15, 0.2) is 0 Å². The molecule has 0 amide bonds. The van der Waals surface area contributed by atoms with Crippen molar-refractivity contribution < 1.29 is 31.6 Å². The van der Waals surface area contributed by atoms with Crippen molar-refractivity contribution in [1.29, 1.82) is 0 Å². The smallest absolute Gasteiger partial charge is 0.370 e. The van der Waals surface area contributed by atoms with Gasteiger partial charge in [0.05, 0.1) is 21.1 Å². The molecule has 0 bridgehead atoms. The number of rotatable bonds is 13. The molecule has 0 rings (SSSR count). The number of likely N-dealkylation sites (N-methyl/N-ethyl adjacent to an activating group) is 1. The third-order valence-corrected chi connectivity index (χ3v) is 3.84. The second kappa shape index (κ2) is 12.9. The summed E-state index contributed by atoms with van der Waals surface area (Å²) in [4.78, 5) is 23.3. The van der Waals surface area contributed by atoms with Crippen LogP contribution in [-0.2, 0) is 9.59 Å². The summed E-state index contributed by atoms with van der Waals surface area (Å²) < 4.78 is 0.158. The molecular weight excluding hydrogens is 302 g/mol. The number of aliphatic carboxylic acids is 1. The molecule has 0 aromatic rings. The number of unbranched alkanes of at least 4 members (excludes halogenated alkanes) is 8. The number of quaternary nitrogens is 1. The first-order chi connectivity index (χ1) is 9.80. The summed E-state index contributed by atoms with van der Waals surface area (Å²) in [7, 11) is 5.27. The number of carboxylic acid groups (broad SMARTS) is 1. The third-order valence-electron chi connectivity index (χ3n) is 3.84. The molecule has 1 atom stereocenters. The normalized spacial score (nSPS) is 12.5. The molecule has 0 aliphatic carbocycles. The summed E-state index contributed by atoms with van der Waals surface area (Å²) in [5, 5.41) is 9.19. The lowest BCUT2D eigenvalue weighted by Gasteiger charge is -2.29. The van der Waals surface area contributed by atoms with E-state index in [0.29, 0.717) is 6.42 Å². The second-order valence-corrected chi connectivity index (χ2v) is 6.90. The van der Waals surface area contributed by atoms with Gasteiger partial charge >= 0.3 is 5.97 Å². The number of hydrogen-bond acceptors (Lipinski definition) is 2. The van der Waals surface area contributed by atoms with Crippen LogP contribution in [0.3, 0.4) is 0 Å². The van der Waals surface area contributed by atoms with Crippen molar-refractivity contribution in [3.63, 3.8) is 0 Å². The summed E-state index contributed by atoms with van der Waals surface area (Å²) in [6, 6.07) is -0.931. The van der Waals surface area contributed by atoms with Gasteiger partial charge in [0.2, 0.25) is 11.8 Å². The van der Waals surface area contributed by atoms with Crippen LogP contribution in [0.1, 0.15) is 71.1 Å². The molecule has 0 fully saturated rings. The van der Waals surface area contributed by atoms with Gasteiger partial charge in [0, 0.05) is 6.42 Å². The molecule has 1 N–H and O–H groups in total. The minimum Gasteiger partial charge on any atom is -1.00 e. The van der Waals surface area contributed by atoms with Gasteiger partial charge in [-0.1, -0.05) is 58.3 Å². The molecule has 0 saturated heterocycles. The lowest BCUT2D eigenvalue weighted by molar-refractivity contribution is -0.878. The quantitative estimate of drug-likeness (QED) is 0.305. The van der Waals surface area contributed by atoms with Gasteiger partial charge in [-0.25, -0.2) is 4.79 Å². The summed E-state index contributed by atoms with van der Waals surface area (Å²) in [5.74, 6) is -1.15. The van der Waals surface area contributed by atoms with Crippen molar-refractivity contribution in [1.82, 2.24) is 0 Å². The van der Waals surface area contributed by atoms with Crippen LogP contribution in [0.4, 0.5) is 0 Å². The van der Waals surface area contributed by atoms with Crippen LogP contribution in [-0.4, -0.2) is 48.5 Å². The van der Waals surface area contributed by atoms with Crippen molar-refractivity contribution in [2.24, 2.45) is 0 Å². The SMILES string of the molecule is CCCCCCCCCCCC(=O)C(C(=O)O)[N+](C)(C)C.[Cl-]. The Balaban J connectivity index is 0. The average molecular weight is 336 g/mol. The van der Waals surface area contributed by atoms with Crippen LogP contribution < -0.4 is 12.4 Å². The predicted molar refractivity (Wildman–Crippen MR) is 86.3 cm³/mol. The molecule has 0 saturated carbocycles. The van der Waals surface area contributed by atoms with E-state index >= 15 is 0 Å². The zero-order chi connectivity index (χ0) is 16.3. The van der Waals surface area contributed by atoms with Gasteiger partial charge < -0.3 is 22.0 Å². The minimum atomic E-state index is -1.01. The Bertz CT molecular complexity index is 314. The van der Waals surface area contributed by atoms with E-state index in [9.17, 15) is 14.7 Å². The first-order valence-electron chi connectivity index (χ1n) is 8.37. The maximum absolute atomic E-state index is 12.0. The predicted octanol–water partition coefficient (Wildman–Crippen LogP) is 0.640. The number of Topliss-reactive ketones (excluding diaryl/α,β-unsaturated/α-hetero) is 1. The van der Waals surface area contributed by atoms with Crippen LogP contribution in [0.5, 0.6) is 0 Å². The van der Waals surface area contributed by atoms with E-state index in [4.69, 9.17) is 0 Å². The van der Waals surface area contributed by atoms with Gasteiger partial charge in [0.25, 0.3) is 0 Å². The van der Waals surface area contributed by atoms with E-state index in [1.165, 1.54) is 38.5 Å². The van der Waals surface area contributed by atoms with Crippen LogP contribution in [0.2, 0.25) is 0 Å². The van der Waals surface area contributed by atoms with Gasteiger partial charge in [-0.05, 0) is 6.42 Å². The number of halogens is 1. The molecule has 0 aromatic carbocycles. The van der Waals surface area contributed by atoms with Crippen molar-refractivity contribution in [3.05, 3.63) is 0 Å². The highest BCUT2D eigenvalue weighted by Crippen LogP contribution is 2.13. The molecule has 5 heteroatoms. The Kier molecular flexibility index (Phi) is 13.9. The molecule has 1 unspecified atom stereocenters. The van der Waals surface area contributed by atoms with E-state index in [2.05, 4.69) is 6.92 Å². The Morgan fingerprint density at radius 3 is 1.64 bits per heavy atom. The summed E-state index contributed by atoms with van der Waals surface area (Å²) in [6.45, 7) is 2.22. The molecule has 0 heterocycles. The summed E-state index contributed by atoms with van der Waals surface area (Å²) in [6.07, 6.45) is 11.2. The molecule has 0 radical (unpaired) electrons. The van der Waals surface area contributed by atoms with E-state index in [0.717, 1.165) is 19.3 Å². The highest BCUT2D eigenvalue weighted by Gasteiger charge is 2.37. The van der Waals surface area contributed by atoms with Crippen LogP contribution >= 0.6 is 0 Å². The second-order valence-electron chi connectivity index (χ2n) is 6.90. The fourth-order valence-electron chi connectivity index (χ4n) is 2.65. The highest BCUT2D eigenvalue weighted by atomic mass is 35.5. The largest absolute Gasteiger partial charge is 1.00 e. The molecule has 0 aromatic heterocycles. The first kappa shape index (κ1) is 23.7. The zero-order valence-corrected chi connectivity index (χ0v) is 15.5. The highest BCUT2D eigenvalue weighted by molar-refractivity contribution is 6.01. The van der Waals surface area contributed by atoms with Crippen molar-refractivity contribution in [3.8, 4) is 0 Å². The monoisotopic (exact) mass is 335 g/mol. The maximum atomic E-state index is 12.0. The Labute approximate surface area is 142 Å². The van der Waals surface area contributed by atoms with Gasteiger partial charge in [-0.15, -0.1) is 0 Å². The molecular formula is C17H34ClNO3. The topological polar surface area (TPSA) is 54.4 Å². The maximum Gasteiger partial charge on any atom is 0.370 e. The number of carbonyl (C=O) groups is 2. The van der Waals surface area contributed by atoms with E-state index in [-0.39, 0.29) is 22.7 Å². The van der Waals surface area contributed by atoms with Gasteiger partial charge in [0.1, 0.15) is 0 Å². The van der Waals surface area contributed by atoms with Crippen LogP contribution in [0.25, 0.3) is 0 Å². The lowest BCUT2D eigenvalue weighted by atomic mass is 10.0. The minimum absolute atomic E-state index is 0. The molecule has 132 valence electrons. The standard InChI is InChI=1S/C17H33NO3.ClH/c1-5-6-7-8-9-10-11-12-13-14-15(19)16(17(20)21)18(2,3)4;/h16H,5-14H2,1-4H3;1H. The number of hydrogen-bond donors (Lipinski definition) is 1. The first-order valence-corrected chi connectivity index (χ1v) is 8.37. The van der Waals surface area contributed by atoms with Crippen molar-refractivity contribution >= 4 is 11.8 Å². The number of ketones is 1. The van der Waals surface area contributed by atoms with E-state index in [1.54, 1.807) is 21.1 Å². The lowest BCUT2D eigenvalue weighted by Crippen LogP contribution is -3.00. The van der Waals surface area contributed by atoms with Gasteiger partial charge in [0.15, 0.2) is 0 Å².